The Morgan fingerprint density at radius 2 is 1.65 bits per heavy atom. The molecule has 26 heavy (non-hydrogen) atoms. The van der Waals surface area contributed by atoms with Crippen molar-refractivity contribution in [3.8, 4) is 0 Å². The van der Waals surface area contributed by atoms with E-state index in [1.54, 1.807) is 0 Å². The highest BCUT2D eigenvalue weighted by atomic mass is 35.9. The lowest BCUT2D eigenvalue weighted by molar-refractivity contribution is 0.795. The number of unbranched alkanes of at least 4 members (excludes halogenated alkanes) is 2. The molecule has 0 amide bonds. The fraction of sp³-hybridized carbons (Fsp3) is 0.478. The van der Waals surface area contributed by atoms with Crippen molar-refractivity contribution in [2.24, 2.45) is 5.92 Å². The topological polar surface area (TPSA) is 0 Å². The molecule has 0 saturated carbocycles. The van der Waals surface area contributed by atoms with E-state index >= 15 is 0 Å². The fourth-order valence-corrected chi connectivity index (χ4v) is 5.13. The maximum Gasteiger partial charge on any atom is 0.0969 e. The normalized spacial score (nSPS) is 20.5. The zero-order valence-corrected chi connectivity index (χ0v) is 18.6. The maximum atomic E-state index is 6.10. The van der Waals surface area contributed by atoms with Crippen LogP contribution in [0.4, 0.5) is 0 Å². The molecule has 0 saturated heterocycles. The minimum atomic E-state index is -0.962. The van der Waals surface area contributed by atoms with Crippen molar-refractivity contribution >= 4 is 34.7 Å². The number of hydrogen-bond donors (Lipinski definition) is 0. The van der Waals surface area contributed by atoms with E-state index < -0.39 is 6.63 Å². The van der Waals surface area contributed by atoms with Crippen LogP contribution in [-0.2, 0) is 0 Å². The Kier molecular flexibility index (Phi) is 9.48. The predicted octanol–water partition coefficient (Wildman–Crippen LogP) is 9.41. The third-order valence-corrected chi connectivity index (χ3v) is 7.01. The Balaban J connectivity index is 0.000000209. The van der Waals surface area contributed by atoms with Crippen LogP contribution in [0.25, 0.3) is 5.57 Å². The van der Waals surface area contributed by atoms with Crippen LogP contribution in [0.1, 0.15) is 76.1 Å². The average molecular weight is 409 g/mol. The molecule has 0 spiro atoms. The first kappa shape index (κ1) is 21.7. The van der Waals surface area contributed by atoms with E-state index in [2.05, 4.69) is 69.3 Å². The summed E-state index contributed by atoms with van der Waals surface area (Å²) >= 11 is 12.2. The van der Waals surface area contributed by atoms with Crippen molar-refractivity contribution in [2.45, 2.75) is 65.0 Å². The predicted molar refractivity (Wildman–Crippen MR) is 121 cm³/mol. The van der Waals surface area contributed by atoms with E-state index in [0.717, 1.165) is 6.42 Å². The van der Waals surface area contributed by atoms with Gasteiger partial charge in [0.2, 0.25) is 0 Å². The monoisotopic (exact) mass is 408 g/mol. The molecule has 0 aromatic heterocycles. The minimum Gasteiger partial charge on any atom is -0.0776 e. The van der Waals surface area contributed by atoms with Gasteiger partial charge in [0, 0.05) is 0 Å². The number of allylic oxidation sites excluding steroid dienone is 6. The number of hydrogen-bond acceptors (Lipinski definition) is 0. The van der Waals surface area contributed by atoms with Crippen LogP contribution in [-0.4, -0.2) is 0 Å². The van der Waals surface area contributed by atoms with Crippen molar-refractivity contribution in [2.75, 3.05) is 0 Å². The lowest BCUT2D eigenvalue weighted by Crippen LogP contribution is -1.86. The molecule has 0 fully saturated rings. The van der Waals surface area contributed by atoms with Gasteiger partial charge in [0.1, 0.15) is 0 Å². The molecule has 0 heterocycles. The van der Waals surface area contributed by atoms with Crippen LogP contribution in [0.3, 0.4) is 0 Å². The second kappa shape index (κ2) is 11.3. The standard InChI is InChI=1S/C13H15Cl2P.C10H16/c1-2-3-6-10-9-13(16(14)15)12-8-5-4-7-11(10)12;1-3-4-5-10-7-6-9(2)8-10/h4-5,7-9,13H,2-3,6H2,1H3;6-9H,3-5H2,1-2H3. The molecule has 0 nitrogen and oxygen atoms in total. The quantitative estimate of drug-likeness (QED) is 0.394. The highest BCUT2D eigenvalue weighted by Gasteiger charge is 2.27. The molecule has 0 radical (unpaired) electrons. The highest BCUT2D eigenvalue weighted by Crippen LogP contribution is 2.64. The first-order valence-corrected chi connectivity index (χ1v) is 13.1. The Morgan fingerprint density at radius 1 is 0.962 bits per heavy atom. The maximum absolute atomic E-state index is 6.10. The molecular weight excluding hydrogens is 378 g/mol. The molecule has 2 atom stereocenters. The largest absolute Gasteiger partial charge is 0.0969 e. The third-order valence-electron chi connectivity index (χ3n) is 4.90. The first-order valence-electron chi connectivity index (χ1n) is 9.86. The van der Waals surface area contributed by atoms with Gasteiger partial charge in [0.25, 0.3) is 0 Å². The van der Waals surface area contributed by atoms with Gasteiger partial charge in [0.15, 0.2) is 0 Å². The molecule has 0 N–H and O–H groups in total. The summed E-state index contributed by atoms with van der Waals surface area (Å²) in [4.78, 5) is 0. The number of benzene rings is 1. The van der Waals surface area contributed by atoms with Crippen LogP contribution < -0.4 is 0 Å². The molecular formula is C23H31Cl2P. The van der Waals surface area contributed by atoms with Crippen molar-refractivity contribution in [3.63, 3.8) is 0 Å². The molecule has 1 aromatic rings. The first-order chi connectivity index (χ1) is 12.6. The van der Waals surface area contributed by atoms with Gasteiger partial charge in [0.05, 0.1) is 12.3 Å². The van der Waals surface area contributed by atoms with Crippen molar-refractivity contribution < 1.29 is 0 Å². The lowest BCUT2D eigenvalue weighted by atomic mass is 10.0. The van der Waals surface area contributed by atoms with E-state index in [-0.39, 0.29) is 5.66 Å². The second-order valence-corrected chi connectivity index (χ2v) is 10.9. The van der Waals surface area contributed by atoms with Crippen LogP contribution in [0, 0.1) is 5.92 Å². The van der Waals surface area contributed by atoms with Gasteiger partial charge in [-0.25, -0.2) is 0 Å². The summed E-state index contributed by atoms with van der Waals surface area (Å²) in [6.45, 7) is 5.73. The molecule has 142 valence electrons. The van der Waals surface area contributed by atoms with E-state index in [1.807, 2.05) is 0 Å². The molecule has 2 unspecified atom stereocenters. The van der Waals surface area contributed by atoms with Gasteiger partial charge >= 0.3 is 0 Å². The Hall–Kier alpha value is -0.550. The average Bonchev–Trinajstić information content (AvgIpc) is 3.22. The van der Waals surface area contributed by atoms with Gasteiger partial charge in [-0.2, -0.15) is 0 Å². The molecule has 2 aliphatic carbocycles. The van der Waals surface area contributed by atoms with Crippen molar-refractivity contribution in [3.05, 3.63) is 65.3 Å². The van der Waals surface area contributed by atoms with E-state index in [0.29, 0.717) is 5.92 Å². The van der Waals surface area contributed by atoms with Gasteiger partial charge in [-0.15, -0.1) is 0 Å². The van der Waals surface area contributed by atoms with Crippen LogP contribution in [0.2, 0.25) is 0 Å². The molecule has 0 aliphatic heterocycles. The van der Waals surface area contributed by atoms with Gasteiger partial charge in [-0.3, -0.25) is 0 Å². The highest BCUT2D eigenvalue weighted by molar-refractivity contribution is 8.04. The molecule has 3 heteroatoms. The van der Waals surface area contributed by atoms with Gasteiger partial charge in [-0.05, 0) is 48.3 Å². The number of rotatable bonds is 7. The van der Waals surface area contributed by atoms with Crippen LogP contribution >= 0.6 is 29.1 Å². The van der Waals surface area contributed by atoms with Crippen molar-refractivity contribution in [1.29, 1.82) is 0 Å². The Morgan fingerprint density at radius 3 is 2.27 bits per heavy atom. The summed E-state index contributed by atoms with van der Waals surface area (Å²) in [5, 5.41) is 0. The third kappa shape index (κ3) is 6.26. The Bertz CT molecular complexity index is 658. The van der Waals surface area contributed by atoms with Crippen LogP contribution in [0.5, 0.6) is 0 Å². The summed E-state index contributed by atoms with van der Waals surface area (Å²) in [5.74, 6) is 0.687. The summed E-state index contributed by atoms with van der Waals surface area (Å²) in [7, 11) is 0. The zero-order chi connectivity index (χ0) is 18.9. The smallest absolute Gasteiger partial charge is 0.0776 e. The van der Waals surface area contributed by atoms with Gasteiger partial charge in [-0.1, -0.05) is 110 Å². The fourth-order valence-electron chi connectivity index (χ4n) is 3.44. The Labute approximate surface area is 170 Å². The molecule has 2 aliphatic rings. The molecule has 3 rings (SSSR count). The number of fused-ring (bicyclic) bond motifs is 1. The number of halogens is 2. The van der Waals surface area contributed by atoms with Crippen LogP contribution in [0.15, 0.2) is 54.1 Å². The van der Waals surface area contributed by atoms with E-state index in [1.165, 1.54) is 54.4 Å². The summed E-state index contributed by atoms with van der Waals surface area (Å²) in [6.07, 6.45) is 16.7. The summed E-state index contributed by atoms with van der Waals surface area (Å²) in [6, 6.07) is 8.49. The summed E-state index contributed by atoms with van der Waals surface area (Å²) < 4.78 is 0. The second-order valence-electron chi connectivity index (χ2n) is 7.15. The molecule has 0 bridgehead atoms. The molecule has 1 aromatic carbocycles. The zero-order valence-electron chi connectivity index (χ0n) is 16.2. The van der Waals surface area contributed by atoms with E-state index in [9.17, 15) is 0 Å². The summed E-state index contributed by atoms with van der Waals surface area (Å²) in [5.41, 5.74) is 5.87. The minimum absolute atomic E-state index is 0.237. The SMILES string of the molecule is CCCCC1=CC(C)C=C1.CCCCC1=CC(P(Cl)Cl)c2ccccc21. The lowest BCUT2D eigenvalue weighted by Gasteiger charge is -2.10. The van der Waals surface area contributed by atoms with E-state index in [4.69, 9.17) is 22.5 Å². The van der Waals surface area contributed by atoms with Gasteiger partial charge < -0.3 is 0 Å². The van der Waals surface area contributed by atoms with Crippen molar-refractivity contribution in [1.82, 2.24) is 0 Å².